The number of hydrogen-bond donors (Lipinski definition) is 0. The van der Waals surface area contributed by atoms with Crippen molar-refractivity contribution in [2.75, 3.05) is 13.2 Å². The average Bonchev–Trinajstić information content (AvgIpc) is 2.59. The van der Waals surface area contributed by atoms with E-state index in [1.54, 1.807) is 0 Å². The first-order valence-corrected chi connectivity index (χ1v) is 5.03. The molecule has 0 bridgehead atoms. The van der Waals surface area contributed by atoms with E-state index in [1.807, 2.05) is 0 Å². The lowest BCUT2D eigenvalue weighted by atomic mass is 9.98. The minimum atomic E-state index is 0.804. The molecule has 0 atom stereocenters. The summed E-state index contributed by atoms with van der Waals surface area (Å²) in [5.41, 5.74) is 0. The molecule has 0 aromatic heterocycles. The molecule has 0 aromatic carbocycles. The van der Waals surface area contributed by atoms with Crippen molar-refractivity contribution in [3.63, 3.8) is 0 Å². The molecule has 0 fully saturated rings. The van der Waals surface area contributed by atoms with Gasteiger partial charge in [-0.25, -0.2) is 0 Å². The fraction of sp³-hybridized carbons (Fsp3) is 0.900. The van der Waals surface area contributed by atoms with Crippen LogP contribution in [0.2, 0.25) is 0 Å². The van der Waals surface area contributed by atoms with Gasteiger partial charge in [-0.1, -0.05) is 26.7 Å². The smallest absolute Gasteiger partial charge is 0.183 e. The highest BCUT2D eigenvalue weighted by atomic mass is 16.5. The fourth-order valence-corrected chi connectivity index (χ4v) is 1.56. The zero-order valence-corrected chi connectivity index (χ0v) is 8.18. The summed E-state index contributed by atoms with van der Waals surface area (Å²) in [6.07, 6.45) is 4.85. The molecule has 0 radical (unpaired) electrons. The Kier molecular flexibility index (Phi) is 4.12. The fourth-order valence-electron chi connectivity index (χ4n) is 1.56. The summed E-state index contributed by atoms with van der Waals surface area (Å²) < 4.78 is 5.34. The Bertz CT molecular complexity index is 150. The average molecular weight is 169 g/mol. The number of ether oxygens (including phenoxy) is 1. The number of aliphatic imine (C=N–C) groups is 1. The van der Waals surface area contributed by atoms with Gasteiger partial charge in [0.05, 0.1) is 6.54 Å². The highest BCUT2D eigenvalue weighted by molar-refractivity contribution is 5.77. The molecule has 12 heavy (non-hydrogen) atoms. The molecule has 0 aliphatic carbocycles. The van der Waals surface area contributed by atoms with Crippen LogP contribution in [-0.2, 0) is 4.74 Å². The van der Waals surface area contributed by atoms with Crippen molar-refractivity contribution in [2.24, 2.45) is 10.9 Å². The maximum absolute atomic E-state index is 5.34. The monoisotopic (exact) mass is 169 g/mol. The maximum atomic E-state index is 5.34. The van der Waals surface area contributed by atoms with Crippen LogP contribution in [0.1, 0.15) is 39.5 Å². The molecular formula is C10H19NO. The van der Waals surface area contributed by atoms with Crippen LogP contribution < -0.4 is 0 Å². The van der Waals surface area contributed by atoms with Crippen LogP contribution in [0.15, 0.2) is 4.99 Å². The van der Waals surface area contributed by atoms with Crippen LogP contribution in [0.25, 0.3) is 0 Å². The normalized spacial score (nSPS) is 16.4. The molecule has 0 aromatic rings. The van der Waals surface area contributed by atoms with Gasteiger partial charge in [0.2, 0.25) is 0 Å². The molecule has 1 rings (SSSR count). The van der Waals surface area contributed by atoms with Crippen LogP contribution in [0.4, 0.5) is 0 Å². The van der Waals surface area contributed by atoms with Crippen molar-refractivity contribution in [3.05, 3.63) is 0 Å². The molecule has 0 amide bonds. The Labute approximate surface area is 75.0 Å². The Morgan fingerprint density at radius 2 is 2.17 bits per heavy atom. The van der Waals surface area contributed by atoms with Gasteiger partial charge >= 0.3 is 0 Å². The molecule has 70 valence electrons. The first kappa shape index (κ1) is 9.56. The zero-order valence-electron chi connectivity index (χ0n) is 8.18. The molecule has 1 heterocycles. The third-order valence-corrected chi connectivity index (χ3v) is 2.57. The standard InChI is InChI=1S/C10H19NO/c1-3-9(4-2)5-6-10-11-7-8-12-10/h9H,3-8H2,1-2H3. The van der Waals surface area contributed by atoms with Gasteiger partial charge in [-0.2, -0.15) is 0 Å². The molecule has 0 unspecified atom stereocenters. The van der Waals surface area contributed by atoms with Crippen LogP contribution >= 0.6 is 0 Å². The second-order valence-electron chi connectivity index (χ2n) is 3.35. The van der Waals surface area contributed by atoms with Gasteiger partial charge in [0.15, 0.2) is 5.90 Å². The third-order valence-electron chi connectivity index (χ3n) is 2.57. The lowest BCUT2D eigenvalue weighted by Crippen LogP contribution is -2.04. The van der Waals surface area contributed by atoms with E-state index in [-0.39, 0.29) is 0 Å². The summed E-state index contributed by atoms with van der Waals surface area (Å²) in [6.45, 7) is 6.19. The largest absolute Gasteiger partial charge is 0.479 e. The van der Waals surface area contributed by atoms with E-state index in [4.69, 9.17) is 4.74 Å². The van der Waals surface area contributed by atoms with Crippen molar-refractivity contribution >= 4 is 5.90 Å². The Morgan fingerprint density at radius 3 is 2.67 bits per heavy atom. The van der Waals surface area contributed by atoms with E-state index in [0.717, 1.165) is 31.4 Å². The Morgan fingerprint density at radius 1 is 1.42 bits per heavy atom. The van der Waals surface area contributed by atoms with Gasteiger partial charge < -0.3 is 4.74 Å². The van der Waals surface area contributed by atoms with E-state index in [1.165, 1.54) is 19.3 Å². The third kappa shape index (κ3) is 2.84. The van der Waals surface area contributed by atoms with Crippen molar-refractivity contribution in [1.82, 2.24) is 0 Å². The van der Waals surface area contributed by atoms with Gasteiger partial charge in [0.1, 0.15) is 6.61 Å². The highest BCUT2D eigenvalue weighted by Gasteiger charge is 2.10. The van der Waals surface area contributed by atoms with E-state index in [9.17, 15) is 0 Å². The summed E-state index contributed by atoms with van der Waals surface area (Å²) in [5.74, 6) is 1.85. The van der Waals surface area contributed by atoms with Gasteiger partial charge in [0.25, 0.3) is 0 Å². The summed E-state index contributed by atoms with van der Waals surface area (Å²) in [4.78, 5) is 4.27. The lowest BCUT2D eigenvalue weighted by Gasteiger charge is -2.10. The van der Waals surface area contributed by atoms with Crippen LogP contribution in [0, 0.1) is 5.92 Å². The molecule has 1 aliphatic rings. The van der Waals surface area contributed by atoms with E-state index in [2.05, 4.69) is 18.8 Å². The van der Waals surface area contributed by atoms with Crippen LogP contribution in [0.5, 0.6) is 0 Å². The summed E-state index contributed by atoms with van der Waals surface area (Å²) in [7, 11) is 0. The second-order valence-corrected chi connectivity index (χ2v) is 3.35. The molecule has 0 N–H and O–H groups in total. The van der Waals surface area contributed by atoms with Gasteiger partial charge in [-0.05, 0) is 12.3 Å². The number of rotatable bonds is 5. The van der Waals surface area contributed by atoms with Gasteiger partial charge in [-0.3, -0.25) is 4.99 Å². The highest BCUT2D eigenvalue weighted by Crippen LogP contribution is 2.16. The molecule has 0 spiro atoms. The van der Waals surface area contributed by atoms with Gasteiger partial charge in [0, 0.05) is 6.42 Å². The van der Waals surface area contributed by atoms with E-state index < -0.39 is 0 Å². The lowest BCUT2D eigenvalue weighted by molar-refractivity contribution is 0.331. The van der Waals surface area contributed by atoms with Crippen molar-refractivity contribution in [1.29, 1.82) is 0 Å². The van der Waals surface area contributed by atoms with Crippen molar-refractivity contribution < 1.29 is 4.74 Å². The maximum Gasteiger partial charge on any atom is 0.183 e. The van der Waals surface area contributed by atoms with Crippen LogP contribution in [-0.4, -0.2) is 19.0 Å². The molecule has 0 saturated carbocycles. The quantitative estimate of drug-likeness (QED) is 0.620. The second kappa shape index (κ2) is 5.18. The summed E-state index contributed by atoms with van der Waals surface area (Å²) in [6, 6.07) is 0. The van der Waals surface area contributed by atoms with Crippen molar-refractivity contribution in [2.45, 2.75) is 39.5 Å². The molecule has 2 nitrogen and oxygen atoms in total. The summed E-state index contributed by atoms with van der Waals surface area (Å²) >= 11 is 0. The Hall–Kier alpha value is -0.530. The predicted molar refractivity (Wildman–Crippen MR) is 51.6 cm³/mol. The topological polar surface area (TPSA) is 21.6 Å². The minimum Gasteiger partial charge on any atom is -0.479 e. The van der Waals surface area contributed by atoms with Gasteiger partial charge in [-0.15, -0.1) is 0 Å². The SMILES string of the molecule is CCC(CC)CCC1=NCCO1. The van der Waals surface area contributed by atoms with Crippen LogP contribution in [0.3, 0.4) is 0 Å². The molecule has 2 heteroatoms. The first-order chi connectivity index (χ1) is 5.86. The first-order valence-electron chi connectivity index (χ1n) is 5.03. The molecule has 1 aliphatic heterocycles. The summed E-state index contributed by atoms with van der Waals surface area (Å²) in [5, 5.41) is 0. The molecule has 0 saturated heterocycles. The van der Waals surface area contributed by atoms with Crippen molar-refractivity contribution in [3.8, 4) is 0 Å². The Balaban J connectivity index is 2.14. The van der Waals surface area contributed by atoms with E-state index >= 15 is 0 Å². The number of hydrogen-bond acceptors (Lipinski definition) is 2. The number of nitrogens with zero attached hydrogens (tertiary/aromatic N) is 1. The zero-order chi connectivity index (χ0) is 8.81. The molecular weight excluding hydrogens is 150 g/mol. The van der Waals surface area contributed by atoms with E-state index in [0.29, 0.717) is 0 Å². The minimum absolute atomic E-state index is 0.804. The predicted octanol–water partition coefficient (Wildman–Crippen LogP) is 2.63.